The summed E-state index contributed by atoms with van der Waals surface area (Å²) in [6, 6.07) is 15.5. The molecule has 1 aromatic heterocycles. The highest BCUT2D eigenvalue weighted by Crippen LogP contribution is 2.22. The number of nitrogens with zero attached hydrogens (tertiary/aromatic N) is 2. The second-order valence-corrected chi connectivity index (χ2v) is 7.97. The Hall–Kier alpha value is -4.14. The molecule has 0 radical (unpaired) electrons. The molecule has 2 atom stereocenters. The van der Waals surface area contributed by atoms with Gasteiger partial charge in [0.2, 0.25) is 0 Å². The minimum absolute atomic E-state index is 0.0709. The highest BCUT2D eigenvalue weighted by molar-refractivity contribution is 5.95. The Labute approximate surface area is 189 Å². The Morgan fingerprint density at radius 2 is 1.82 bits per heavy atom. The number of nitrogens with one attached hydrogen (secondary N) is 1. The first-order valence-electron chi connectivity index (χ1n) is 10.4. The molecule has 9 nitrogen and oxygen atoms in total. The number of benzene rings is 2. The van der Waals surface area contributed by atoms with Crippen LogP contribution in [-0.4, -0.2) is 57.2 Å². The lowest BCUT2D eigenvalue weighted by atomic mass is 10.0. The van der Waals surface area contributed by atoms with Crippen molar-refractivity contribution in [1.82, 2.24) is 15.2 Å². The highest BCUT2D eigenvalue weighted by atomic mass is 16.5. The third-order valence-corrected chi connectivity index (χ3v) is 5.66. The number of rotatable bonds is 6. The molecule has 3 N–H and O–H groups in total. The number of carboxylic acids is 1. The predicted octanol–water partition coefficient (Wildman–Crippen LogP) is 2.92. The van der Waals surface area contributed by atoms with Crippen molar-refractivity contribution in [3.8, 4) is 5.75 Å². The van der Waals surface area contributed by atoms with Crippen molar-refractivity contribution in [2.75, 3.05) is 13.1 Å². The molecule has 0 spiro atoms. The van der Waals surface area contributed by atoms with Crippen LogP contribution in [0.25, 0.3) is 10.9 Å². The van der Waals surface area contributed by atoms with Gasteiger partial charge in [-0.2, -0.15) is 0 Å². The van der Waals surface area contributed by atoms with E-state index in [4.69, 9.17) is 9.84 Å². The third kappa shape index (κ3) is 4.87. The van der Waals surface area contributed by atoms with E-state index < -0.39 is 29.9 Å². The maximum absolute atomic E-state index is 12.6. The summed E-state index contributed by atoms with van der Waals surface area (Å²) in [5, 5.41) is 22.1. The number of carbonyl (C=O) groups is 3. The van der Waals surface area contributed by atoms with Crippen LogP contribution in [0.3, 0.4) is 0 Å². The number of aryl methyl sites for hydroxylation is 1. The number of ether oxygens (including phenoxy) is 1. The summed E-state index contributed by atoms with van der Waals surface area (Å²) in [5.41, 5.74) is 3.12. The SMILES string of the molecule is Cc1cc(COc2ccc(C(=O)N[C@H]3CN(C(=O)O)C[C@@H]3C(=O)O)cc2)c2ccccc2n1. The Bertz CT molecular complexity index is 1210. The zero-order valence-corrected chi connectivity index (χ0v) is 17.9. The highest BCUT2D eigenvalue weighted by Gasteiger charge is 2.40. The Morgan fingerprint density at radius 3 is 2.52 bits per heavy atom. The third-order valence-electron chi connectivity index (χ3n) is 5.66. The summed E-state index contributed by atoms with van der Waals surface area (Å²) in [4.78, 5) is 40.7. The molecule has 2 amide bonds. The van der Waals surface area contributed by atoms with Crippen LogP contribution in [0.15, 0.2) is 54.6 Å². The van der Waals surface area contributed by atoms with E-state index in [1.807, 2.05) is 37.3 Å². The molecule has 1 saturated heterocycles. The normalized spacial score (nSPS) is 17.7. The van der Waals surface area contributed by atoms with E-state index in [0.29, 0.717) is 17.9 Å². The number of hydrogen-bond acceptors (Lipinski definition) is 5. The average molecular weight is 449 g/mol. The molecule has 1 aliphatic rings. The van der Waals surface area contributed by atoms with Gasteiger partial charge in [-0.3, -0.25) is 14.6 Å². The predicted molar refractivity (Wildman–Crippen MR) is 119 cm³/mol. The summed E-state index contributed by atoms with van der Waals surface area (Å²) in [6.07, 6.45) is -1.21. The van der Waals surface area contributed by atoms with Gasteiger partial charge in [0, 0.05) is 35.3 Å². The lowest BCUT2D eigenvalue weighted by molar-refractivity contribution is -0.141. The van der Waals surface area contributed by atoms with E-state index in [-0.39, 0.29) is 13.1 Å². The van der Waals surface area contributed by atoms with Gasteiger partial charge >= 0.3 is 12.1 Å². The van der Waals surface area contributed by atoms with Crippen LogP contribution in [0.4, 0.5) is 4.79 Å². The number of likely N-dealkylation sites (tertiary alicyclic amines) is 1. The molecule has 1 fully saturated rings. The molecular weight excluding hydrogens is 426 g/mol. The van der Waals surface area contributed by atoms with Crippen molar-refractivity contribution < 1.29 is 29.3 Å². The molecule has 0 bridgehead atoms. The molecule has 33 heavy (non-hydrogen) atoms. The fourth-order valence-electron chi connectivity index (χ4n) is 3.99. The molecule has 0 aliphatic carbocycles. The van der Waals surface area contributed by atoms with Gasteiger partial charge in [-0.15, -0.1) is 0 Å². The van der Waals surface area contributed by atoms with Crippen LogP contribution in [0.2, 0.25) is 0 Å². The van der Waals surface area contributed by atoms with E-state index in [9.17, 15) is 19.5 Å². The van der Waals surface area contributed by atoms with Crippen molar-refractivity contribution in [2.24, 2.45) is 5.92 Å². The second kappa shape index (κ2) is 9.15. The molecule has 0 unspecified atom stereocenters. The largest absolute Gasteiger partial charge is 0.489 e. The van der Waals surface area contributed by atoms with Gasteiger partial charge in [-0.05, 0) is 43.3 Å². The molecular formula is C24H23N3O6. The van der Waals surface area contributed by atoms with Gasteiger partial charge in [-0.1, -0.05) is 18.2 Å². The van der Waals surface area contributed by atoms with Crippen LogP contribution >= 0.6 is 0 Å². The van der Waals surface area contributed by atoms with Gasteiger partial charge in [0.25, 0.3) is 5.91 Å². The number of aliphatic carboxylic acids is 1. The number of pyridine rings is 1. The number of para-hydroxylation sites is 1. The molecule has 2 heterocycles. The van der Waals surface area contributed by atoms with Gasteiger partial charge in [-0.25, -0.2) is 4.79 Å². The Morgan fingerprint density at radius 1 is 1.09 bits per heavy atom. The molecule has 2 aromatic carbocycles. The monoisotopic (exact) mass is 449 g/mol. The first-order chi connectivity index (χ1) is 15.8. The quantitative estimate of drug-likeness (QED) is 0.528. The Balaban J connectivity index is 1.41. The molecule has 1 aliphatic heterocycles. The summed E-state index contributed by atoms with van der Waals surface area (Å²) < 4.78 is 5.90. The van der Waals surface area contributed by atoms with Crippen molar-refractivity contribution in [3.63, 3.8) is 0 Å². The van der Waals surface area contributed by atoms with Crippen LogP contribution in [0.5, 0.6) is 5.75 Å². The number of fused-ring (bicyclic) bond motifs is 1. The fourth-order valence-corrected chi connectivity index (χ4v) is 3.99. The van der Waals surface area contributed by atoms with Gasteiger partial charge in [0.15, 0.2) is 0 Å². The summed E-state index contributed by atoms with van der Waals surface area (Å²) in [5.74, 6) is -2.04. The summed E-state index contributed by atoms with van der Waals surface area (Å²) in [7, 11) is 0. The molecule has 0 saturated carbocycles. The molecule has 9 heteroatoms. The number of amides is 2. The maximum atomic E-state index is 12.6. The first-order valence-corrected chi connectivity index (χ1v) is 10.4. The van der Waals surface area contributed by atoms with E-state index in [2.05, 4.69) is 10.3 Å². The van der Waals surface area contributed by atoms with Crippen molar-refractivity contribution in [2.45, 2.75) is 19.6 Å². The topological polar surface area (TPSA) is 129 Å². The minimum atomic E-state index is -1.21. The van der Waals surface area contributed by atoms with E-state index >= 15 is 0 Å². The molecule has 4 rings (SSSR count). The average Bonchev–Trinajstić information content (AvgIpc) is 3.22. The Kier molecular flexibility index (Phi) is 6.12. The van der Waals surface area contributed by atoms with Crippen LogP contribution in [-0.2, 0) is 11.4 Å². The van der Waals surface area contributed by atoms with Crippen LogP contribution in [0.1, 0.15) is 21.6 Å². The van der Waals surface area contributed by atoms with Crippen molar-refractivity contribution in [3.05, 3.63) is 71.4 Å². The summed E-state index contributed by atoms with van der Waals surface area (Å²) >= 11 is 0. The zero-order chi connectivity index (χ0) is 23.5. The van der Waals surface area contributed by atoms with Crippen LogP contribution < -0.4 is 10.1 Å². The first kappa shape index (κ1) is 22.1. The minimum Gasteiger partial charge on any atom is -0.489 e. The fraction of sp³-hybridized carbons (Fsp3) is 0.250. The number of aromatic nitrogens is 1. The second-order valence-electron chi connectivity index (χ2n) is 7.97. The number of carboxylic acid groups (broad SMARTS) is 2. The zero-order valence-electron chi connectivity index (χ0n) is 17.9. The van der Waals surface area contributed by atoms with E-state index in [1.54, 1.807) is 24.3 Å². The standard InChI is InChI=1S/C24H23N3O6/c1-14-10-16(18-4-2-3-5-20(18)25-14)13-33-17-8-6-15(7-9-17)22(28)26-21-12-27(24(31)32)11-19(21)23(29)30/h2-10,19,21H,11-13H2,1H3,(H,26,28)(H,29,30)(H,31,32)/t19-,21-/m0/s1. The van der Waals surface area contributed by atoms with Crippen molar-refractivity contribution >= 4 is 28.9 Å². The molecule has 3 aromatic rings. The van der Waals surface area contributed by atoms with Gasteiger partial charge in [0.1, 0.15) is 12.4 Å². The smallest absolute Gasteiger partial charge is 0.407 e. The van der Waals surface area contributed by atoms with E-state index in [0.717, 1.165) is 27.1 Å². The lowest BCUT2D eigenvalue weighted by Gasteiger charge is -2.16. The summed E-state index contributed by atoms with van der Waals surface area (Å²) in [6.45, 7) is 2.03. The van der Waals surface area contributed by atoms with Crippen molar-refractivity contribution in [1.29, 1.82) is 0 Å². The van der Waals surface area contributed by atoms with Gasteiger partial charge in [0.05, 0.1) is 17.5 Å². The van der Waals surface area contributed by atoms with Crippen LogP contribution in [0, 0.1) is 12.8 Å². The molecule has 170 valence electrons. The number of carbonyl (C=O) groups excluding carboxylic acids is 1. The van der Waals surface area contributed by atoms with E-state index in [1.165, 1.54) is 0 Å². The lowest BCUT2D eigenvalue weighted by Crippen LogP contribution is -2.43. The van der Waals surface area contributed by atoms with Gasteiger partial charge < -0.3 is 25.2 Å². The maximum Gasteiger partial charge on any atom is 0.407 e. The number of hydrogen-bond donors (Lipinski definition) is 3.